The summed E-state index contributed by atoms with van der Waals surface area (Å²) >= 11 is 0. The van der Waals surface area contributed by atoms with E-state index >= 15 is 0 Å². The number of benzene rings is 1. The molecule has 1 aromatic carbocycles. The molecule has 2 fully saturated rings. The molecule has 0 bridgehead atoms. The van der Waals surface area contributed by atoms with Crippen LogP contribution >= 0.6 is 0 Å². The predicted octanol–water partition coefficient (Wildman–Crippen LogP) is 2.24. The minimum atomic E-state index is 0.735. The van der Waals surface area contributed by atoms with Gasteiger partial charge in [0, 0.05) is 12.6 Å². The van der Waals surface area contributed by atoms with Crippen LogP contribution in [-0.2, 0) is 6.54 Å². The molecule has 2 N–H and O–H groups in total. The van der Waals surface area contributed by atoms with E-state index in [0.29, 0.717) is 0 Å². The molecule has 3 heteroatoms. The number of hydrogen-bond acceptors (Lipinski definition) is 3. The molecule has 1 aromatic rings. The SMILES string of the molecule is c1ccc(CN2CCC(NCC3CCCNC3)CC2)cc1. The molecule has 1 unspecified atom stereocenters. The van der Waals surface area contributed by atoms with Gasteiger partial charge in [-0.3, -0.25) is 4.90 Å². The second kappa shape index (κ2) is 7.92. The van der Waals surface area contributed by atoms with Gasteiger partial charge in [0.05, 0.1) is 0 Å². The van der Waals surface area contributed by atoms with Crippen molar-refractivity contribution in [2.45, 2.75) is 38.3 Å². The number of hydrogen-bond donors (Lipinski definition) is 2. The lowest BCUT2D eigenvalue weighted by molar-refractivity contribution is 0.185. The molecule has 3 rings (SSSR count). The van der Waals surface area contributed by atoms with Gasteiger partial charge in [0.2, 0.25) is 0 Å². The number of likely N-dealkylation sites (tertiary alicyclic amines) is 1. The molecule has 116 valence electrons. The smallest absolute Gasteiger partial charge is 0.0233 e. The van der Waals surface area contributed by atoms with E-state index < -0.39 is 0 Å². The van der Waals surface area contributed by atoms with Gasteiger partial charge in [0.25, 0.3) is 0 Å². The van der Waals surface area contributed by atoms with E-state index in [4.69, 9.17) is 0 Å². The third-order valence-corrected chi connectivity index (χ3v) is 4.93. The van der Waals surface area contributed by atoms with E-state index in [9.17, 15) is 0 Å². The van der Waals surface area contributed by atoms with Crippen LogP contribution in [0.4, 0.5) is 0 Å². The first-order valence-electron chi connectivity index (χ1n) is 8.60. The number of rotatable bonds is 5. The highest BCUT2D eigenvalue weighted by Gasteiger charge is 2.20. The first-order valence-corrected chi connectivity index (χ1v) is 8.60. The summed E-state index contributed by atoms with van der Waals surface area (Å²) in [6, 6.07) is 11.6. The molecule has 21 heavy (non-hydrogen) atoms. The second-order valence-electron chi connectivity index (χ2n) is 6.66. The molecule has 0 aliphatic carbocycles. The Balaban J connectivity index is 1.35. The molecule has 0 aromatic heterocycles. The molecular weight excluding hydrogens is 258 g/mol. The monoisotopic (exact) mass is 287 g/mol. The minimum Gasteiger partial charge on any atom is -0.316 e. The number of nitrogens with one attached hydrogen (secondary N) is 2. The van der Waals surface area contributed by atoms with Crippen LogP contribution in [0.15, 0.2) is 30.3 Å². The first kappa shape index (κ1) is 15.0. The maximum atomic E-state index is 3.81. The molecular formula is C18H29N3. The molecule has 2 aliphatic rings. The Labute approximate surface area is 129 Å². The Bertz CT molecular complexity index is 392. The standard InChI is InChI=1S/C18H29N3/c1-2-5-16(6-3-1)15-21-11-8-18(9-12-21)20-14-17-7-4-10-19-13-17/h1-3,5-6,17-20H,4,7-15H2. The topological polar surface area (TPSA) is 27.3 Å². The average Bonchev–Trinajstić information content (AvgIpc) is 2.56. The third kappa shape index (κ3) is 4.80. The Kier molecular flexibility index (Phi) is 5.67. The van der Waals surface area contributed by atoms with Crippen molar-refractivity contribution in [2.75, 3.05) is 32.7 Å². The summed E-state index contributed by atoms with van der Waals surface area (Å²) in [5.41, 5.74) is 1.44. The zero-order chi connectivity index (χ0) is 14.3. The molecule has 1 atom stereocenters. The van der Waals surface area contributed by atoms with Crippen molar-refractivity contribution in [2.24, 2.45) is 5.92 Å². The molecule has 0 spiro atoms. The van der Waals surface area contributed by atoms with E-state index in [0.717, 1.165) is 18.5 Å². The van der Waals surface area contributed by atoms with Crippen LogP contribution in [0.25, 0.3) is 0 Å². The molecule has 0 saturated carbocycles. The second-order valence-corrected chi connectivity index (χ2v) is 6.66. The Hall–Kier alpha value is -0.900. The minimum absolute atomic E-state index is 0.735. The lowest BCUT2D eigenvalue weighted by atomic mass is 9.98. The quantitative estimate of drug-likeness (QED) is 0.870. The van der Waals surface area contributed by atoms with Crippen LogP contribution in [0.5, 0.6) is 0 Å². The van der Waals surface area contributed by atoms with Gasteiger partial charge in [-0.1, -0.05) is 30.3 Å². The molecule has 3 nitrogen and oxygen atoms in total. The lowest BCUT2D eigenvalue weighted by Crippen LogP contribution is -2.45. The van der Waals surface area contributed by atoms with Crippen molar-refractivity contribution in [1.29, 1.82) is 0 Å². The third-order valence-electron chi connectivity index (χ3n) is 4.93. The fourth-order valence-corrected chi connectivity index (χ4v) is 3.57. The zero-order valence-electron chi connectivity index (χ0n) is 13.1. The first-order chi connectivity index (χ1) is 10.4. The van der Waals surface area contributed by atoms with Crippen LogP contribution in [-0.4, -0.2) is 43.7 Å². The molecule has 0 radical (unpaired) electrons. The Morgan fingerprint density at radius 2 is 1.90 bits per heavy atom. The zero-order valence-corrected chi connectivity index (χ0v) is 13.1. The van der Waals surface area contributed by atoms with Crippen molar-refractivity contribution >= 4 is 0 Å². The van der Waals surface area contributed by atoms with Crippen LogP contribution in [0, 0.1) is 5.92 Å². The van der Waals surface area contributed by atoms with E-state index in [1.54, 1.807) is 0 Å². The highest BCUT2D eigenvalue weighted by Crippen LogP contribution is 2.15. The average molecular weight is 287 g/mol. The van der Waals surface area contributed by atoms with Gasteiger partial charge in [-0.25, -0.2) is 0 Å². The van der Waals surface area contributed by atoms with E-state index in [2.05, 4.69) is 45.9 Å². The lowest BCUT2D eigenvalue weighted by Gasteiger charge is -2.33. The molecule has 2 heterocycles. The highest BCUT2D eigenvalue weighted by atomic mass is 15.1. The van der Waals surface area contributed by atoms with Gasteiger partial charge in [-0.2, -0.15) is 0 Å². The van der Waals surface area contributed by atoms with Gasteiger partial charge in [0.15, 0.2) is 0 Å². The summed E-state index contributed by atoms with van der Waals surface area (Å²) in [5, 5.41) is 7.32. The van der Waals surface area contributed by atoms with Gasteiger partial charge in [-0.05, 0) is 69.9 Å². The van der Waals surface area contributed by atoms with Crippen molar-refractivity contribution in [3.8, 4) is 0 Å². The largest absolute Gasteiger partial charge is 0.316 e. The van der Waals surface area contributed by atoms with Crippen molar-refractivity contribution in [3.63, 3.8) is 0 Å². The summed E-state index contributed by atoms with van der Waals surface area (Å²) < 4.78 is 0. The van der Waals surface area contributed by atoms with Crippen LogP contribution in [0.3, 0.4) is 0 Å². The van der Waals surface area contributed by atoms with Crippen LogP contribution < -0.4 is 10.6 Å². The fourth-order valence-electron chi connectivity index (χ4n) is 3.57. The maximum absolute atomic E-state index is 3.81. The van der Waals surface area contributed by atoms with Gasteiger partial charge < -0.3 is 10.6 Å². The normalized spacial score (nSPS) is 25.0. The number of piperidine rings is 2. The summed E-state index contributed by atoms with van der Waals surface area (Å²) in [4.78, 5) is 2.59. The summed E-state index contributed by atoms with van der Waals surface area (Å²) in [6.07, 6.45) is 5.34. The Morgan fingerprint density at radius 1 is 1.10 bits per heavy atom. The summed E-state index contributed by atoms with van der Waals surface area (Å²) in [5.74, 6) is 0.848. The predicted molar refractivity (Wildman–Crippen MR) is 88.3 cm³/mol. The van der Waals surface area contributed by atoms with E-state index in [1.807, 2.05) is 0 Å². The van der Waals surface area contributed by atoms with Crippen molar-refractivity contribution < 1.29 is 0 Å². The van der Waals surface area contributed by atoms with Crippen LogP contribution in [0.2, 0.25) is 0 Å². The van der Waals surface area contributed by atoms with Gasteiger partial charge in [0.1, 0.15) is 0 Å². The van der Waals surface area contributed by atoms with Gasteiger partial charge >= 0.3 is 0 Å². The molecule has 0 amide bonds. The summed E-state index contributed by atoms with van der Waals surface area (Å²) in [7, 11) is 0. The Morgan fingerprint density at radius 3 is 2.62 bits per heavy atom. The molecule has 2 aliphatic heterocycles. The maximum Gasteiger partial charge on any atom is 0.0233 e. The fraction of sp³-hybridized carbons (Fsp3) is 0.667. The highest BCUT2D eigenvalue weighted by molar-refractivity contribution is 5.14. The van der Waals surface area contributed by atoms with Crippen molar-refractivity contribution in [3.05, 3.63) is 35.9 Å². The molecule has 2 saturated heterocycles. The van der Waals surface area contributed by atoms with E-state index in [-0.39, 0.29) is 0 Å². The van der Waals surface area contributed by atoms with Crippen molar-refractivity contribution in [1.82, 2.24) is 15.5 Å². The van der Waals surface area contributed by atoms with Crippen LogP contribution in [0.1, 0.15) is 31.2 Å². The summed E-state index contributed by atoms with van der Waals surface area (Å²) in [6.45, 7) is 7.20. The van der Waals surface area contributed by atoms with E-state index in [1.165, 1.54) is 64.0 Å². The number of nitrogens with zero attached hydrogens (tertiary/aromatic N) is 1. The van der Waals surface area contributed by atoms with Gasteiger partial charge in [-0.15, -0.1) is 0 Å².